The number of nitrogens with zero attached hydrogens (tertiary/aromatic N) is 2. The van der Waals surface area contributed by atoms with Gasteiger partial charge < -0.3 is 5.32 Å². The van der Waals surface area contributed by atoms with Crippen LogP contribution >= 0.6 is 11.6 Å². The molecule has 1 N–H and O–H groups in total. The van der Waals surface area contributed by atoms with Gasteiger partial charge in [-0.15, -0.1) is 0 Å². The van der Waals surface area contributed by atoms with E-state index in [4.69, 9.17) is 11.6 Å². The van der Waals surface area contributed by atoms with Gasteiger partial charge in [-0.05, 0) is 19.9 Å². The van der Waals surface area contributed by atoms with Crippen molar-refractivity contribution in [3.05, 3.63) is 17.4 Å². The first kappa shape index (κ1) is 10.1. The van der Waals surface area contributed by atoms with Gasteiger partial charge >= 0.3 is 0 Å². The Morgan fingerprint density at radius 1 is 1.77 bits per heavy atom. The molecule has 13 heavy (non-hydrogen) atoms. The number of carbonyl (C=O) groups excluding carboxylic acids is 1. The van der Waals surface area contributed by atoms with E-state index in [0.717, 1.165) is 0 Å². The Bertz CT molecular complexity index is 295. The van der Waals surface area contributed by atoms with Gasteiger partial charge in [0.1, 0.15) is 6.54 Å². The average molecular weight is 202 g/mol. The van der Waals surface area contributed by atoms with Crippen molar-refractivity contribution in [3.63, 3.8) is 0 Å². The minimum absolute atomic E-state index is 0.0604. The van der Waals surface area contributed by atoms with Crippen LogP contribution in [0.15, 0.2) is 12.3 Å². The summed E-state index contributed by atoms with van der Waals surface area (Å²) in [5.41, 5.74) is 0. The molecule has 5 heteroatoms. The summed E-state index contributed by atoms with van der Waals surface area (Å²) in [5, 5.41) is 7.04. The maximum Gasteiger partial charge on any atom is 0.241 e. The molecule has 72 valence electrons. The topological polar surface area (TPSA) is 46.9 Å². The second-order valence-electron chi connectivity index (χ2n) is 3.06. The zero-order chi connectivity index (χ0) is 9.84. The van der Waals surface area contributed by atoms with Crippen LogP contribution in [0, 0.1) is 0 Å². The first-order valence-electron chi connectivity index (χ1n) is 4.06. The predicted molar refractivity (Wildman–Crippen MR) is 50.5 cm³/mol. The summed E-state index contributed by atoms with van der Waals surface area (Å²) < 4.78 is 1.50. The van der Waals surface area contributed by atoms with E-state index in [9.17, 15) is 4.79 Å². The third kappa shape index (κ3) is 3.46. The third-order valence-corrected chi connectivity index (χ3v) is 1.56. The summed E-state index contributed by atoms with van der Waals surface area (Å²) in [7, 11) is 0. The number of aromatic nitrogens is 2. The van der Waals surface area contributed by atoms with Gasteiger partial charge in [-0.2, -0.15) is 5.10 Å². The van der Waals surface area contributed by atoms with Gasteiger partial charge in [-0.3, -0.25) is 9.48 Å². The summed E-state index contributed by atoms with van der Waals surface area (Å²) >= 11 is 5.59. The van der Waals surface area contributed by atoms with Crippen molar-refractivity contribution in [2.45, 2.75) is 26.4 Å². The van der Waals surface area contributed by atoms with E-state index in [1.165, 1.54) is 4.68 Å². The van der Waals surface area contributed by atoms with E-state index in [1.54, 1.807) is 12.3 Å². The van der Waals surface area contributed by atoms with Gasteiger partial charge in [-0.1, -0.05) is 11.6 Å². The van der Waals surface area contributed by atoms with Crippen LogP contribution in [0.4, 0.5) is 0 Å². The molecule has 0 bridgehead atoms. The number of hydrogen-bond acceptors (Lipinski definition) is 2. The molecule has 1 aromatic rings. The minimum atomic E-state index is -0.0604. The van der Waals surface area contributed by atoms with Crippen molar-refractivity contribution in [1.82, 2.24) is 15.1 Å². The number of rotatable bonds is 3. The molecule has 0 saturated carbocycles. The molecular formula is C8H12ClN3O. The zero-order valence-electron chi connectivity index (χ0n) is 7.62. The average Bonchev–Trinajstić information content (AvgIpc) is 2.33. The number of halogens is 1. The van der Waals surface area contributed by atoms with E-state index in [1.807, 2.05) is 13.8 Å². The molecule has 0 atom stereocenters. The minimum Gasteiger partial charge on any atom is -0.352 e. The third-order valence-electron chi connectivity index (χ3n) is 1.36. The van der Waals surface area contributed by atoms with E-state index in [-0.39, 0.29) is 18.5 Å². The normalized spacial score (nSPS) is 10.5. The van der Waals surface area contributed by atoms with Crippen LogP contribution in [0.5, 0.6) is 0 Å². The molecule has 0 aliphatic rings. The van der Waals surface area contributed by atoms with Crippen molar-refractivity contribution in [2.75, 3.05) is 0 Å². The standard InChI is InChI=1S/C8H12ClN3O/c1-6(2)10-8(13)5-12-4-3-7(9)11-12/h3-4,6H,5H2,1-2H3,(H,10,13). The molecular weight excluding hydrogens is 190 g/mol. The van der Waals surface area contributed by atoms with Gasteiger partial charge in [0.2, 0.25) is 5.91 Å². The van der Waals surface area contributed by atoms with Crippen molar-refractivity contribution in [3.8, 4) is 0 Å². The lowest BCUT2D eigenvalue weighted by Crippen LogP contribution is -2.33. The molecule has 0 unspecified atom stereocenters. The molecule has 1 heterocycles. The highest BCUT2D eigenvalue weighted by molar-refractivity contribution is 6.29. The van der Waals surface area contributed by atoms with E-state index in [0.29, 0.717) is 5.15 Å². The fourth-order valence-corrected chi connectivity index (χ4v) is 1.09. The summed E-state index contributed by atoms with van der Waals surface area (Å²) in [6, 6.07) is 1.79. The van der Waals surface area contributed by atoms with Crippen molar-refractivity contribution < 1.29 is 4.79 Å². The first-order valence-corrected chi connectivity index (χ1v) is 4.44. The second-order valence-corrected chi connectivity index (χ2v) is 3.45. The molecule has 0 fully saturated rings. The highest BCUT2D eigenvalue weighted by Crippen LogP contribution is 2.01. The Morgan fingerprint density at radius 3 is 2.92 bits per heavy atom. The van der Waals surface area contributed by atoms with Crippen LogP contribution in [-0.2, 0) is 11.3 Å². The Balaban J connectivity index is 2.45. The molecule has 4 nitrogen and oxygen atoms in total. The summed E-state index contributed by atoms with van der Waals surface area (Å²) in [6.45, 7) is 4.03. The summed E-state index contributed by atoms with van der Waals surface area (Å²) in [6.07, 6.45) is 1.67. The number of hydrogen-bond donors (Lipinski definition) is 1. The molecule has 1 rings (SSSR count). The highest BCUT2D eigenvalue weighted by atomic mass is 35.5. The smallest absolute Gasteiger partial charge is 0.241 e. The molecule has 0 aliphatic carbocycles. The van der Waals surface area contributed by atoms with Gasteiger partial charge in [0, 0.05) is 12.2 Å². The molecule has 0 aliphatic heterocycles. The quantitative estimate of drug-likeness (QED) is 0.795. The Labute approximate surface area is 81.9 Å². The van der Waals surface area contributed by atoms with Crippen molar-refractivity contribution in [2.24, 2.45) is 0 Å². The number of nitrogens with one attached hydrogen (secondary N) is 1. The lowest BCUT2D eigenvalue weighted by Gasteiger charge is -2.07. The van der Waals surface area contributed by atoms with Crippen LogP contribution in [-0.4, -0.2) is 21.7 Å². The highest BCUT2D eigenvalue weighted by Gasteiger charge is 2.04. The van der Waals surface area contributed by atoms with E-state index < -0.39 is 0 Å². The van der Waals surface area contributed by atoms with Crippen molar-refractivity contribution >= 4 is 17.5 Å². The molecule has 0 saturated heterocycles. The molecule has 1 amide bonds. The molecule has 0 spiro atoms. The van der Waals surface area contributed by atoms with Gasteiger partial charge in [0.05, 0.1) is 0 Å². The molecule has 0 radical (unpaired) electrons. The largest absolute Gasteiger partial charge is 0.352 e. The van der Waals surface area contributed by atoms with E-state index >= 15 is 0 Å². The Morgan fingerprint density at radius 2 is 2.46 bits per heavy atom. The van der Waals surface area contributed by atoms with Crippen LogP contribution in [0.25, 0.3) is 0 Å². The lowest BCUT2D eigenvalue weighted by molar-refractivity contribution is -0.122. The number of carbonyl (C=O) groups is 1. The fourth-order valence-electron chi connectivity index (χ4n) is 0.940. The van der Waals surface area contributed by atoms with Gasteiger partial charge in [0.25, 0.3) is 0 Å². The van der Waals surface area contributed by atoms with Crippen LogP contribution in [0.1, 0.15) is 13.8 Å². The Kier molecular flexibility index (Phi) is 3.31. The monoisotopic (exact) mass is 201 g/mol. The van der Waals surface area contributed by atoms with E-state index in [2.05, 4.69) is 10.4 Å². The lowest BCUT2D eigenvalue weighted by atomic mass is 10.4. The van der Waals surface area contributed by atoms with Gasteiger partial charge in [0.15, 0.2) is 5.15 Å². The number of amides is 1. The maximum absolute atomic E-state index is 11.2. The van der Waals surface area contributed by atoms with Crippen LogP contribution < -0.4 is 5.32 Å². The summed E-state index contributed by atoms with van der Waals surface area (Å²) in [5.74, 6) is -0.0604. The van der Waals surface area contributed by atoms with Crippen LogP contribution in [0.2, 0.25) is 5.15 Å². The first-order chi connectivity index (χ1) is 6.08. The fraction of sp³-hybridized carbons (Fsp3) is 0.500. The maximum atomic E-state index is 11.2. The molecule has 1 aromatic heterocycles. The predicted octanol–water partition coefficient (Wildman–Crippen LogP) is 1.06. The SMILES string of the molecule is CC(C)NC(=O)Cn1ccc(Cl)n1. The van der Waals surface area contributed by atoms with Gasteiger partial charge in [-0.25, -0.2) is 0 Å². The van der Waals surface area contributed by atoms with Crippen molar-refractivity contribution in [1.29, 1.82) is 0 Å². The second kappa shape index (κ2) is 4.28. The van der Waals surface area contributed by atoms with Crippen LogP contribution in [0.3, 0.4) is 0 Å². The Hall–Kier alpha value is -1.03. The summed E-state index contributed by atoms with van der Waals surface area (Å²) in [4.78, 5) is 11.2. The molecule has 0 aromatic carbocycles. The zero-order valence-corrected chi connectivity index (χ0v) is 8.38.